The molecule has 4 saturated heterocycles. The molecule has 0 saturated carbocycles. The summed E-state index contributed by atoms with van der Waals surface area (Å²) >= 11 is 1.59. The van der Waals surface area contributed by atoms with E-state index < -0.39 is 18.1 Å². The summed E-state index contributed by atoms with van der Waals surface area (Å²) < 4.78 is 18.3. The number of hydrogen-bond acceptors (Lipinski definition) is 17. The number of aromatic hydroxyl groups is 1. The lowest BCUT2D eigenvalue weighted by Gasteiger charge is -2.43. The van der Waals surface area contributed by atoms with Gasteiger partial charge in [0.05, 0.1) is 52.3 Å². The van der Waals surface area contributed by atoms with Gasteiger partial charge in [0, 0.05) is 92.9 Å². The van der Waals surface area contributed by atoms with Crippen LogP contribution in [0.2, 0.25) is 0 Å². The summed E-state index contributed by atoms with van der Waals surface area (Å²) in [4.78, 5) is 47.0. The minimum absolute atomic E-state index is 0.0515. The Kier molecular flexibility index (Phi) is 15.7. The highest BCUT2D eigenvalue weighted by Crippen LogP contribution is 2.40. The fourth-order valence-corrected chi connectivity index (χ4v) is 12.4. The smallest absolute Gasteiger partial charge is 0.254 e. The Bertz CT molecular complexity index is 2920. The van der Waals surface area contributed by atoms with Gasteiger partial charge >= 0.3 is 0 Å². The second-order valence-corrected chi connectivity index (χ2v) is 21.9. The number of aliphatic hydroxyl groups is 1. The van der Waals surface area contributed by atoms with Crippen molar-refractivity contribution in [3.8, 4) is 33.3 Å². The molecule has 8 heterocycles. The molecule has 0 spiro atoms. The van der Waals surface area contributed by atoms with Crippen molar-refractivity contribution in [3.63, 3.8) is 0 Å². The van der Waals surface area contributed by atoms with E-state index in [1.807, 2.05) is 81.9 Å². The number of rotatable bonds is 18. The number of para-hydroxylation sites is 1. The number of hydrogen-bond donors (Lipinski definition) is 4. The first-order valence-electron chi connectivity index (χ1n) is 26.4. The number of nitrogens with two attached hydrogens (primary N) is 1. The number of phenols is 1. The molecule has 10 rings (SSSR count). The van der Waals surface area contributed by atoms with Crippen LogP contribution < -0.4 is 25.6 Å². The van der Waals surface area contributed by atoms with Crippen LogP contribution in [0, 0.1) is 12.8 Å². The zero-order valence-corrected chi connectivity index (χ0v) is 44.2. The number of aliphatic hydroxyl groups excluding tert-OH is 1. The third-order valence-electron chi connectivity index (χ3n) is 15.6. The number of aromatic nitrogens is 5. The van der Waals surface area contributed by atoms with Gasteiger partial charge in [-0.25, -0.2) is 4.98 Å². The molecule has 19 heteroatoms. The number of carbonyl (C=O) groups excluding carboxylic acids is 2. The fraction of sp³-hybridized carbons (Fsp3) is 0.482. The van der Waals surface area contributed by atoms with E-state index in [4.69, 9.17) is 24.7 Å². The average Bonchev–Trinajstić information content (AvgIpc) is 4.20. The van der Waals surface area contributed by atoms with E-state index in [0.717, 1.165) is 84.8 Å². The molecule has 2 bridgehead atoms. The number of piperidine rings is 1. The van der Waals surface area contributed by atoms with Crippen LogP contribution in [-0.2, 0) is 20.7 Å². The highest BCUT2D eigenvalue weighted by atomic mass is 32.1. The molecule has 0 radical (unpaired) electrons. The van der Waals surface area contributed by atoms with E-state index in [2.05, 4.69) is 59.4 Å². The minimum Gasteiger partial charge on any atom is -0.507 e. The predicted molar refractivity (Wildman–Crippen MR) is 288 cm³/mol. The molecule has 396 valence electrons. The van der Waals surface area contributed by atoms with Gasteiger partial charge < -0.3 is 50.0 Å². The number of likely N-dealkylation sites (tertiary alicyclic amines) is 2. The molecule has 5 N–H and O–H groups in total. The lowest BCUT2D eigenvalue weighted by atomic mass is 9.91. The number of β-amino-alcohol motifs (C(OH)–C–C–N with tert-alkyl or cyclic N) is 1. The second kappa shape index (κ2) is 22.7. The molecular formula is C56H69N11O7S. The van der Waals surface area contributed by atoms with Crippen LogP contribution in [0.3, 0.4) is 0 Å². The number of nitrogens with zero attached hydrogens (tertiary/aromatic N) is 9. The maximum Gasteiger partial charge on any atom is 0.254 e. The van der Waals surface area contributed by atoms with Gasteiger partial charge in [0.15, 0.2) is 11.6 Å². The van der Waals surface area contributed by atoms with Crippen molar-refractivity contribution in [2.45, 2.75) is 121 Å². The highest BCUT2D eigenvalue weighted by Gasteiger charge is 2.44. The second-order valence-electron chi connectivity index (χ2n) is 21.0. The predicted octanol–water partition coefficient (Wildman–Crippen LogP) is 7.17. The van der Waals surface area contributed by atoms with Crippen molar-refractivity contribution in [3.05, 3.63) is 107 Å². The number of thiazole rings is 1. The zero-order valence-electron chi connectivity index (χ0n) is 43.4. The number of phenolic OH excluding ortho intramolecular Hbond substituents is 1. The Morgan fingerprint density at radius 2 is 1.73 bits per heavy atom. The maximum atomic E-state index is 14.3. The van der Waals surface area contributed by atoms with Gasteiger partial charge in [-0.3, -0.25) is 19.5 Å². The van der Waals surface area contributed by atoms with E-state index in [0.29, 0.717) is 60.6 Å². The number of aryl methyl sites for hydroxylation is 1. The van der Waals surface area contributed by atoms with Crippen molar-refractivity contribution in [2.75, 3.05) is 61.5 Å². The number of nitrogen functional groups attached to an aromatic ring is 1. The normalized spacial score (nSPS) is 22.7. The third kappa shape index (κ3) is 11.5. The molecule has 2 unspecified atom stereocenters. The quantitative estimate of drug-likeness (QED) is 0.0670. The number of benzene rings is 2. The first kappa shape index (κ1) is 51.8. The standard InChI is InChI=1S/C56H69N11O7S/c1-33(2)52(56(71)66-31-43(68)26-48(66)55(70)60-35(4)37-10-12-38(13-11-37)53-36(5)59-32-75-53)50-28-51(63-74-50)73-23-21-64-20-17-44(24-34(64)3)72-22-18-39-25-40(16-19-58-39)67-41-14-15-42(67)30-65(29-41)47-27-46(61-62-54(47)57)45-8-6-7-9-49(45)69/h6-13,16,19,25,27-28,32-35,41-44,48,52,68-69H,14-15,17-18,20-24,26,29-31H2,1-5H3,(H2,57,62)(H,60,70)/t34-,35-,41?,42?,43+,44+,48-,52+/m0/s1. The number of fused-ring (bicyclic) bond motifs is 2. The molecule has 6 aromatic rings. The van der Waals surface area contributed by atoms with E-state index in [-0.39, 0.29) is 54.6 Å². The first-order chi connectivity index (χ1) is 36.3. The summed E-state index contributed by atoms with van der Waals surface area (Å²) in [6.07, 6.45) is 6.09. The topological polar surface area (TPSA) is 222 Å². The van der Waals surface area contributed by atoms with Crippen LogP contribution in [0.15, 0.2) is 89.0 Å². The Morgan fingerprint density at radius 3 is 2.47 bits per heavy atom. The number of ether oxygens (including phenoxy) is 2. The molecular weight excluding hydrogens is 971 g/mol. The SMILES string of the molecule is Cc1ncsc1-c1ccc([C@H](C)NC(=O)[C@@H]2C[C@@H](O)CN2C(=O)[C@@H](c2cc(OCCN3CC[C@@H](OCCc4cc(N5C6CCC5CN(c5cc(-c7ccccc7O)nnc5N)C6)ccn4)C[C@@H]3C)no2)C(C)C)cc1. The lowest BCUT2D eigenvalue weighted by Crippen LogP contribution is -2.54. The summed E-state index contributed by atoms with van der Waals surface area (Å²) in [6.45, 7) is 14.2. The first-order valence-corrected chi connectivity index (χ1v) is 27.3. The number of pyridine rings is 1. The van der Waals surface area contributed by atoms with Crippen molar-refractivity contribution < 1.29 is 33.8 Å². The molecule has 2 amide bonds. The molecule has 4 aliphatic rings. The van der Waals surface area contributed by atoms with Crippen LogP contribution in [0.25, 0.3) is 21.7 Å². The monoisotopic (exact) mass is 1040 g/mol. The van der Waals surface area contributed by atoms with E-state index >= 15 is 0 Å². The van der Waals surface area contributed by atoms with Gasteiger partial charge in [-0.05, 0) is 99.0 Å². The van der Waals surface area contributed by atoms with Crippen molar-refractivity contribution in [1.82, 2.24) is 40.4 Å². The Hall–Kier alpha value is -6.67. The number of amides is 2. The molecule has 4 aromatic heterocycles. The number of anilines is 3. The Morgan fingerprint density at radius 1 is 0.947 bits per heavy atom. The minimum atomic E-state index is -0.832. The van der Waals surface area contributed by atoms with Crippen LogP contribution >= 0.6 is 11.3 Å². The van der Waals surface area contributed by atoms with Gasteiger partial charge in [0.25, 0.3) is 5.88 Å². The van der Waals surface area contributed by atoms with E-state index in [1.165, 1.54) is 10.6 Å². The van der Waals surface area contributed by atoms with Crippen molar-refractivity contribution >= 4 is 40.3 Å². The zero-order chi connectivity index (χ0) is 52.3. The van der Waals surface area contributed by atoms with Gasteiger partial charge in [-0.1, -0.05) is 50.2 Å². The van der Waals surface area contributed by atoms with E-state index in [1.54, 1.807) is 29.5 Å². The molecule has 2 aromatic carbocycles. The van der Waals surface area contributed by atoms with Gasteiger partial charge in [0.2, 0.25) is 11.8 Å². The van der Waals surface area contributed by atoms with Gasteiger partial charge in [0.1, 0.15) is 24.3 Å². The highest BCUT2D eigenvalue weighted by molar-refractivity contribution is 7.13. The van der Waals surface area contributed by atoms with Crippen LogP contribution in [-0.4, -0.2) is 139 Å². The van der Waals surface area contributed by atoms with Crippen LogP contribution in [0.4, 0.5) is 17.2 Å². The largest absolute Gasteiger partial charge is 0.507 e. The number of nitrogens with one attached hydrogen (secondary N) is 1. The van der Waals surface area contributed by atoms with Gasteiger partial charge in [-0.2, -0.15) is 0 Å². The van der Waals surface area contributed by atoms with Crippen LogP contribution in [0.1, 0.15) is 94.5 Å². The fourth-order valence-electron chi connectivity index (χ4n) is 11.6. The Labute approximate surface area is 442 Å². The molecule has 18 nitrogen and oxygen atoms in total. The van der Waals surface area contributed by atoms with Crippen molar-refractivity contribution in [2.24, 2.45) is 5.92 Å². The van der Waals surface area contributed by atoms with Crippen molar-refractivity contribution in [1.29, 1.82) is 0 Å². The number of piperazine rings is 1. The summed E-state index contributed by atoms with van der Waals surface area (Å²) in [6, 6.07) is 22.9. The van der Waals surface area contributed by atoms with Crippen LogP contribution in [0.5, 0.6) is 11.6 Å². The summed E-state index contributed by atoms with van der Waals surface area (Å²) in [5.74, 6) is -0.303. The lowest BCUT2D eigenvalue weighted by molar-refractivity contribution is -0.141. The summed E-state index contributed by atoms with van der Waals surface area (Å²) in [7, 11) is 0. The van der Waals surface area contributed by atoms with E-state index in [9.17, 15) is 19.8 Å². The summed E-state index contributed by atoms with van der Waals surface area (Å²) in [5, 5.41) is 37.0. The maximum absolute atomic E-state index is 14.3. The third-order valence-corrected chi connectivity index (χ3v) is 16.6. The number of carbonyl (C=O) groups is 2. The molecule has 0 aliphatic carbocycles. The molecule has 4 aliphatic heterocycles. The average molecular weight is 1040 g/mol. The van der Waals surface area contributed by atoms with Gasteiger partial charge in [-0.15, -0.1) is 21.5 Å². The molecule has 8 atom stereocenters. The Balaban J connectivity index is 0.666. The summed E-state index contributed by atoms with van der Waals surface area (Å²) in [5.41, 5.74) is 15.5. The molecule has 75 heavy (non-hydrogen) atoms. The molecule has 4 fully saturated rings.